The number of aromatic amines is 1. The van der Waals surface area contributed by atoms with Crippen LogP contribution in [0.2, 0.25) is 0 Å². The quantitative estimate of drug-likeness (QED) is 0.379. The van der Waals surface area contributed by atoms with E-state index in [0.29, 0.717) is 11.7 Å². The maximum Gasteiger partial charge on any atom is 0.180 e. The Kier molecular flexibility index (Phi) is 7.04. The molecule has 0 atom stereocenters. The van der Waals surface area contributed by atoms with Crippen molar-refractivity contribution in [2.75, 3.05) is 0 Å². The Labute approximate surface area is 189 Å². The monoisotopic (exact) mass is 429 g/mol. The lowest BCUT2D eigenvalue weighted by Gasteiger charge is -2.10. The van der Waals surface area contributed by atoms with Gasteiger partial charge in [-0.15, -0.1) is 5.10 Å². The zero-order chi connectivity index (χ0) is 22.3. The van der Waals surface area contributed by atoms with Gasteiger partial charge in [-0.2, -0.15) is 5.10 Å². The largest absolute Gasteiger partial charge is 0.245 e. The lowest BCUT2D eigenvalue weighted by atomic mass is 9.98. The summed E-state index contributed by atoms with van der Waals surface area (Å²) >= 11 is 0. The predicted molar refractivity (Wildman–Crippen MR) is 126 cm³/mol. The van der Waals surface area contributed by atoms with Gasteiger partial charge < -0.3 is 0 Å². The van der Waals surface area contributed by atoms with Crippen molar-refractivity contribution < 1.29 is 0 Å². The summed E-state index contributed by atoms with van der Waals surface area (Å²) in [7, 11) is 0. The van der Waals surface area contributed by atoms with Crippen LogP contribution in [0.15, 0.2) is 48.5 Å². The molecule has 0 saturated heterocycles. The molecular weight excluding hydrogens is 398 g/mol. The van der Waals surface area contributed by atoms with Crippen LogP contribution in [-0.2, 0) is 19.4 Å². The number of aromatic nitrogens is 7. The second-order valence-corrected chi connectivity index (χ2v) is 8.63. The summed E-state index contributed by atoms with van der Waals surface area (Å²) in [6.45, 7) is 7.45. The van der Waals surface area contributed by atoms with Gasteiger partial charge >= 0.3 is 0 Å². The third-order valence-corrected chi connectivity index (χ3v) is 5.62. The van der Waals surface area contributed by atoms with Gasteiger partial charge in [-0.3, -0.25) is 0 Å². The van der Waals surface area contributed by atoms with Gasteiger partial charge in [0, 0.05) is 18.4 Å². The molecule has 4 aromatic rings. The Morgan fingerprint density at radius 2 is 1.75 bits per heavy atom. The highest BCUT2D eigenvalue weighted by molar-refractivity contribution is 5.80. The van der Waals surface area contributed by atoms with Crippen molar-refractivity contribution in [3.63, 3.8) is 0 Å². The van der Waals surface area contributed by atoms with Crippen LogP contribution < -0.4 is 0 Å². The molecule has 32 heavy (non-hydrogen) atoms. The van der Waals surface area contributed by atoms with Gasteiger partial charge in [0.1, 0.15) is 5.82 Å². The van der Waals surface area contributed by atoms with E-state index in [0.717, 1.165) is 67.0 Å². The van der Waals surface area contributed by atoms with Crippen LogP contribution in [0.1, 0.15) is 57.2 Å². The Morgan fingerprint density at radius 1 is 0.969 bits per heavy atom. The highest BCUT2D eigenvalue weighted by atomic mass is 15.5. The highest BCUT2D eigenvalue weighted by Gasteiger charge is 2.13. The molecule has 7 heteroatoms. The predicted octanol–water partition coefficient (Wildman–Crippen LogP) is 5.10. The summed E-state index contributed by atoms with van der Waals surface area (Å²) in [5, 5.41) is 19.2. The van der Waals surface area contributed by atoms with E-state index in [-0.39, 0.29) is 0 Å². The lowest BCUT2D eigenvalue weighted by Crippen LogP contribution is -2.08. The van der Waals surface area contributed by atoms with Crippen molar-refractivity contribution >= 4 is 0 Å². The average Bonchev–Trinajstić information content (AvgIpc) is 3.47. The van der Waals surface area contributed by atoms with E-state index in [1.165, 1.54) is 5.56 Å². The average molecular weight is 430 g/mol. The maximum absolute atomic E-state index is 4.85. The van der Waals surface area contributed by atoms with E-state index in [9.17, 15) is 0 Å². The van der Waals surface area contributed by atoms with Crippen LogP contribution in [0.3, 0.4) is 0 Å². The highest BCUT2D eigenvalue weighted by Crippen LogP contribution is 2.29. The molecule has 0 aliphatic heterocycles. The third kappa shape index (κ3) is 5.28. The molecule has 7 nitrogen and oxygen atoms in total. The summed E-state index contributed by atoms with van der Waals surface area (Å²) in [6, 6.07) is 16.8. The number of hydrogen-bond acceptors (Lipinski definition) is 5. The van der Waals surface area contributed by atoms with Gasteiger partial charge in [0.2, 0.25) is 0 Å². The summed E-state index contributed by atoms with van der Waals surface area (Å²) in [6.07, 6.45) is 5.32. The fourth-order valence-electron chi connectivity index (χ4n) is 3.77. The minimum Gasteiger partial charge on any atom is -0.245 e. The summed E-state index contributed by atoms with van der Waals surface area (Å²) in [5.41, 5.74) is 4.42. The first-order valence-corrected chi connectivity index (χ1v) is 11.5. The first-order valence-electron chi connectivity index (χ1n) is 11.5. The third-order valence-electron chi connectivity index (χ3n) is 5.62. The smallest absolute Gasteiger partial charge is 0.180 e. The van der Waals surface area contributed by atoms with Gasteiger partial charge in [-0.05, 0) is 45.9 Å². The van der Waals surface area contributed by atoms with E-state index < -0.39 is 0 Å². The first-order chi connectivity index (χ1) is 15.6. The summed E-state index contributed by atoms with van der Waals surface area (Å²) in [5.74, 6) is 3.38. The van der Waals surface area contributed by atoms with Gasteiger partial charge in [-0.25, -0.2) is 14.8 Å². The molecule has 166 valence electrons. The van der Waals surface area contributed by atoms with Gasteiger partial charge in [0.15, 0.2) is 11.6 Å². The molecule has 2 aromatic carbocycles. The molecule has 0 radical (unpaired) electrons. The second-order valence-electron chi connectivity index (χ2n) is 8.63. The molecule has 2 heterocycles. The molecule has 0 unspecified atom stereocenters. The number of nitrogens with one attached hydrogen (secondary N) is 1. The Bertz CT molecular complexity index is 1110. The van der Waals surface area contributed by atoms with Crippen molar-refractivity contribution in [3.05, 3.63) is 65.7 Å². The molecule has 0 spiro atoms. The van der Waals surface area contributed by atoms with Crippen LogP contribution in [0, 0.1) is 5.92 Å². The molecule has 4 rings (SSSR count). The molecule has 0 fully saturated rings. The zero-order valence-corrected chi connectivity index (χ0v) is 19.1. The minimum atomic E-state index is 0.651. The van der Waals surface area contributed by atoms with E-state index in [4.69, 9.17) is 10.1 Å². The van der Waals surface area contributed by atoms with Crippen molar-refractivity contribution in [2.24, 2.45) is 5.92 Å². The number of rotatable bonds is 10. The SMILES string of the molecule is CCCCc1nc(CCC(C)C)n(Cc2ccc(-c3ccccc3-c3nnn[nH]3)cc2)n1. The Balaban J connectivity index is 1.55. The molecule has 0 bridgehead atoms. The molecular formula is C25H31N7. The van der Waals surface area contributed by atoms with E-state index in [1.807, 2.05) is 18.2 Å². The van der Waals surface area contributed by atoms with Gasteiger partial charge in [0.05, 0.1) is 6.54 Å². The Morgan fingerprint density at radius 3 is 2.44 bits per heavy atom. The Hall–Kier alpha value is -3.35. The van der Waals surface area contributed by atoms with Crippen molar-refractivity contribution in [1.29, 1.82) is 0 Å². The van der Waals surface area contributed by atoms with Crippen molar-refractivity contribution in [3.8, 4) is 22.5 Å². The molecule has 0 aliphatic carbocycles. The number of benzene rings is 2. The lowest BCUT2D eigenvalue weighted by molar-refractivity contribution is 0.546. The van der Waals surface area contributed by atoms with Crippen LogP contribution in [0.25, 0.3) is 22.5 Å². The topological polar surface area (TPSA) is 85.2 Å². The maximum atomic E-state index is 4.85. The fraction of sp³-hybridized carbons (Fsp3) is 0.400. The van der Waals surface area contributed by atoms with Gasteiger partial charge in [-0.1, -0.05) is 75.7 Å². The summed E-state index contributed by atoms with van der Waals surface area (Å²) in [4.78, 5) is 4.85. The number of hydrogen-bond donors (Lipinski definition) is 1. The first kappa shape index (κ1) is 21.9. The fourth-order valence-corrected chi connectivity index (χ4v) is 3.77. The van der Waals surface area contributed by atoms with Crippen LogP contribution in [0.4, 0.5) is 0 Å². The van der Waals surface area contributed by atoms with E-state index >= 15 is 0 Å². The number of tetrazole rings is 1. The minimum absolute atomic E-state index is 0.651. The zero-order valence-electron chi connectivity index (χ0n) is 19.1. The van der Waals surface area contributed by atoms with Gasteiger partial charge in [0.25, 0.3) is 0 Å². The van der Waals surface area contributed by atoms with Crippen LogP contribution >= 0.6 is 0 Å². The number of H-pyrrole nitrogens is 1. The molecule has 1 N–H and O–H groups in total. The number of aryl methyl sites for hydroxylation is 2. The van der Waals surface area contributed by atoms with Crippen molar-refractivity contribution in [1.82, 2.24) is 35.4 Å². The van der Waals surface area contributed by atoms with Crippen molar-refractivity contribution in [2.45, 2.75) is 59.4 Å². The number of nitrogens with zero attached hydrogens (tertiary/aromatic N) is 6. The van der Waals surface area contributed by atoms with Crippen LogP contribution in [0.5, 0.6) is 0 Å². The standard InChI is InChI=1S/C25H31N7/c1-4-5-10-23-26-24(16-11-18(2)3)32(29-23)17-19-12-14-20(15-13-19)21-8-6-7-9-22(21)25-27-30-31-28-25/h6-9,12-15,18H,4-5,10-11,16-17H2,1-3H3,(H,27,28,30,31). The van der Waals surface area contributed by atoms with E-state index in [2.05, 4.69) is 76.4 Å². The number of unbranched alkanes of at least 4 members (excludes halogenated alkanes) is 1. The van der Waals surface area contributed by atoms with E-state index in [1.54, 1.807) is 0 Å². The normalized spacial score (nSPS) is 11.4. The molecule has 2 aromatic heterocycles. The molecule has 0 amide bonds. The molecule has 0 saturated carbocycles. The van der Waals surface area contributed by atoms with Crippen LogP contribution in [-0.4, -0.2) is 35.4 Å². The second kappa shape index (κ2) is 10.3. The molecule has 0 aliphatic rings. The summed E-state index contributed by atoms with van der Waals surface area (Å²) < 4.78 is 2.09.